The molecule has 108 valence electrons. The fourth-order valence-corrected chi connectivity index (χ4v) is 2.39. The number of hydrogen-bond acceptors (Lipinski definition) is 1. The summed E-state index contributed by atoms with van der Waals surface area (Å²) in [4.78, 5) is 11.9. The van der Waals surface area contributed by atoms with Crippen molar-refractivity contribution in [1.82, 2.24) is 0 Å². The van der Waals surface area contributed by atoms with Gasteiger partial charge in [0.1, 0.15) is 0 Å². The quantitative estimate of drug-likeness (QED) is 0.785. The molecule has 0 amide bonds. The number of carbonyl (C=O) groups is 1. The van der Waals surface area contributed by atoms with E-state index < -0.39 is 5.97 Å². The van der Waals surface area contributed by atoms with Crippen LogP contribution in [0.3, 0.4) is 0 Å². The SMILES string of the molecule is CC(C)(C)C(C)(C)C(C(=O)O)C(C)(C)C(C)(C)C. The van der Waals surface area contributed by atoms with E-state index in [9.17, 15) is 9.90 Å². The third kappa shape index (κ3) is 2.89. The van der Waals surface area contributed by atoms with Crippen LogP contribution in [-0.4, -0.2) is 11.1 Å². The summed E-state index contributed by atoms with van der Waals surface area (Å²) in [5.41, 5.74) is -0.678. The summed E-state index contributed by atoms with van der Waals surface area (Å²) in [5, 5.41) is 9.77. The molecule has 0 radical (unpaired) electrons. The molecule has 1 N–H and O–H groups in total. The molecule has 0 aromatic carbocycles. The lowest BCUT2D eigenvalue weighted by atomic mass is 9.50. The monoisotopic (exact) mass is 256 g/mol. The van der Waals surface area contributed by atoms with Gasteiger partial charge in [-0.2, -0.15) is 0 Å². The predicted molar refractivity (Wildman–Crippen MR) is 77.6 cm³/mol. The summed E-state index contributed by atoms with van der Waals surface area (Å²) < 4.78 is 0. The Balaban J connectivity index is 5.85. The van der Waals surface area contributed by atoms with E-state index in [2.05, 4.69) is 69.2 Å². The van der Waals surface area contributed by atoms with Gasteiger partial charge in [0, 0.05) is 0 Å². The average molecular weight is 256 g/mol. The van der Waals surface area contributed by atoms with Crippen molar-refractivity contribution in [1.29, 1.82) is 0 Å². The van der Waals surface area contributed by atoms with E-state index in [-0.39, 0.29) is 27.6 Å². The Morgan fingerprint density at radius 2 is 0.944 bits per heavy atom. The Morgan fingerprint density at radius 3 is 1.06 bits per heavy atom. The third-order valence-electron chi connectivity index (χ3n) is 5.56. The predicted octanol–water partition coefficient (Wildman–Crippen LogP) is 4.83. The molecule has 0 rings (SSSR count). The van der Waals surface area contributed by atoms with Crippen LogP contribution in [0.15, 0.2) is 0 Å². The normalized spacial score (nSPS) is 15.1. The Kier molecular flexibility index (Phi) is 4.40. The second kappa shape index (κ2) is 4.54. The van der Waals surface area contributed by atoms with Crippen molar-refractivity contribution >= 4 is 5.97 Å². The maximum absolute atomic E-state index is 11.9. The van der Waals surface area contributed by atoms with E-state index in [4.69, 9.17) is 0 Å². The van der Waals surface area contributed by atoms with Crippen LogP contribution >= 0.6 is 0 Å². The molecule has 0 aromatic rings. The Labute approximate surface area is 113 Å². The molecule has 0 saturated carbocycles. The molecule has 0 fully saturated rings. The zero-order valence-electron chi connectivity index (χ0n) is 13.9. The van der Waals surface area contributed by atoms with Crippen LogP contribution in [0.1, 0.15) is 69.2 Å². The molecule has 0 aliphatic heterocycles. The standard InChI is InChI=1S/C16H32O2/c1-13(2,3)15(7,8)11(12(17)18)16(9,10)14(4,5)6/h11H,1-10H3,(H,17,18). The molecule has 0 aromatic heterocycles. The second-order valence-electron chi connectivity index (χ2n) is 8.71. The van der Waals surface area contributed by atoms with Crippen molar-refractivity contribution in [3.05, 3.63) is 0 Å². The van der Waals surface area contributed by atoms with Crippen molar-refractivity contribution in [3.8, 4) is 0 Å². The lowest BCUT2D eigenvalue weighted by Gasteiger charge is -2.53. The van der Waals surface area contributed by atoms with E-state index in [1.165, 1.54) is 0 Å². The highest BCUT2D eigenvalue weighted by atomic mass is 16.4. The first kappa shape index (κ1) is 17.5. The highest BCUT2D eigenvalue weighted by Gasteiger charge is 2.54. The molecule has 0 spiro atoms. The van der Waals surface area contributed by atoms with Crippen molar-refractivity contribution < 1.29 is 9.90 Å². The van der Waals surface area contributed by atoms with Crippen molar-refractivity contribution in [2.24, 2.45) is 27.6 Å². The number of rotatable bonds is 3. The van der Waals surface area contributed by atoms with E-state index in [1.54, 1.807) is 0 Å². The van der Waals surface area contributed by atoms with Gasteiger partial charge in [-0.25, -0.2) is 0 Å². The second-order valence-corrected chi connectivity index (χ2v) is 8.71. The fraction of sp³-hybridized carbons (Fsp3) is 0.938. The number of carboxylic acid groups (broad SMARTS) is 1. The van der Waals surface area contributed by atoms with Crippen LogP contribution < -0.4 is 0 Å². The lowest BCUT2D eigenvalue weighted by molar-refractivity contribution is -0.164. The molecule has 0 unspecified atom stereocenters. The minimum absolute atomic E-state index is 0.0570. The van der Waals surface area contributed by atoms with Crippen molar-refractivity contribution in [2.45, 2.75) is 69.2 Å². The van der Waals surface area contributed by atoms with Gasteiger partial charge in [-0.1, -0.05) is 69.2 Å². The van der Waals surface area contributed by atoms with Gasteiger partial charge >= 0.3 is 5.97 Å². The zero-order chi connectivity index (χ0) is 15.2. The minimum atomic E-state index is -0.685. The van der Waals surface area contributed by atoms with E-state index in [0.29, 0.717) is 0 Å². The average Bonchev–Trinajstić information content (AvgIpc) is 1.96. The maximum Gasteiger partial charge on any atom is 0.307 e. The molecule has 2 nitrogen and oxygen atoms in total. The number of aliphatic carboxylic acids is 1. The summed E-state index contributed by atoms with van der Waals surface area (Å²) in [6.45, 7) is 21.1. The molecule has 2 heteroatoms. The smallest absolute Gasteiger partial charge is 0.307 e. The summed E-state index contributed by atoms with van der Waals surface area (Å²) in [6.07, 6.45) is 0. The molecule has 0 heterocycles. The Morgan fingerprint density at radius 1 is 0.722 bits per heavy atom. The molecule has 0 saturated heterocycles. The first-order valence-electron chi connectivity index (χ1n) is 6.79. The zero-order valence-corrected chi connectivity index (χ0v) is 13.9. The molecular weight excluding hydrogens is 224 g/mol. The highest BCUT2D eigenvalue weighted by Crippen LogP contribution is 2.56. The van der Waals surface area contributed by atoms with Gasteiger partial charge in [0.25, 0.3) is 0 Å². The topological polar surface area (TPSA) is 37.3 Å². The first-order valence-corrected chi connectivity index (χ1v) is 6.79. The van der Waals surface area contributed by atoms with Gasteiger partial charge in [0.2, 0.25) is 0 Å². The lowest BCUT2D eigenvalue weighted by Crippen LogP contribution is -2.52. The molecule has 0 atom stereocenters. The van der Waals surface area contributed by atoms with Gasteiger partial charge in [0.05, 0.1) is 5.92 Å². The summed E-state index contributed by atoms with van der Waals surface area (Å²) in [5.74, 6) is -1.07. The van der Waals surface area contributed by atoms with Gasteiger partial charge in [-0.15, -0.1) is 0 Å². The van der Waals surface area contributed by atoms with Crippen molar-refractivity contribution in [3.63, 3.8) is 0 Å². The fourth-order valence-electron chi connectivity index (χ4n) is 2.39. The van der Waals surface area contributed by atoms with Crippen LogP contribution in [-0.2, 0) is 4.79 Å². The Bertz CT molecular complexity index is 285. The van der Waals surface area contributed by atoms with Crippen LogP contribution in [0.5, 0.6) is 0 Å². The maximum atomic E-state index is 11.9. The summed E-state index contributed by atoms with van der Waals surface area (Å²) in [7, 11) is 0. The highest BCUT2D eigenvalue weighted by molar-refractivity contribution is 5.72. The van der Waals surface area contributed by atoms with Crippen LogP contribution in [0.4, 0.5) is 0 Å². The minimum Gasteiger partial charge on any atom is -0.481 e. The van der Waals surface area contributed by atoms with E-state index in [0.717, 1.165) is 0 Å². The molecule has 0 bridgehead atoms. The van der Waals surface area contributed by atoms with Crippen LogP contribution in [0.2, 0.25) is 0 Å². The molecule has 0 aliphatic rings. The first-order chi connectivity index (χ1) is 7.57. The number of carboxylic acids is 1. The van der Waals surface area contributed by atoms with Gasteiger partial charge < -0.3 is 5.11 Å². The summed E-state index contributed by atoms with van der Waals surface area (Å²) >= 11 is 0. The van der Waals surface area contributed by atoms with E-state index >= 15 is 0 Å². The van der Waals surface area contributed by atoms with Crippen molar-refractivity contribution in [2.75, 3.05) is 0 Å². The third-order valence-corrected chi connectivity index (χ3v) is 5.56. The van der Waals surface area contributed by atoms with Crippen LogP contribution in [0.25, 0.3) is 0 Å². The van der Waals surface area contributed by atoms with Gasteiger partial charge in [-0.05, 0) is 21.7 Å². The number of hydrogen-bond donors (Lipinski definition) is 1. The van der Waals surface area contributed by atoms with Gasteiger partial charge in [0.15, 0.2) is 0 Å². The molecule has 18 heavy (non-hydrogen) atoms. The largest absolute Gasteiger partial charge is 0.481 e. The molecular formula is C16H32O2. The van der Waals surface area contributed by atoms with E-state index in [1.807, 2.05) is 0 Å². The van der Waals surface area contributed by atoms with Crippen LogP contribution in [0, 0.1) is 27.6 Å². The summed E-state index contributed by atoms with van der Waals surface area (Å²) in [6, 6.07) is 0. The Hall–Kier alpha value is -0.530. The molecule has 0 aliphatic carbocycles. The van der Waals surface area contributed by atoms with Gasteiger partial charge in [-0.3, -0.25) is 4.79 Å².